The van der Waals surface area contributed by atoms with Crippen LogP contribution in [-0.4, -0.2) is 10.9 Å². The number of hydrogen-bond acceptors (Lipinski definition) is 3. The number of pyridine rings is 1. The maximum absolute atomic E-state index is 12.7. The Morgan fingerprint density at radius 1 is 1.14 bits per heavy atom. The van der Waals surface area contributed by atoms with Crippen LogP contribution in [0.15, 0.2) is 36.4 Å². The molecule has 0 spiro atoms. The normalized spacial score (nSPS) is 11.9. The topological polar surface area (TPSA) is 65.8 Å². The van der Waals surface area contributed by atoms with Crippen LogP contribution < -0.4 is 5.32 Å². The number of benzene rings is 2. The Morgan fingerprint density at radius 2 is 1.82 bits per heavy atom. The second kappa shape index (κ2) is 8.00. The van der Waals surface area contributed by atoms with E-state index < -0.39 is 5.92 Å². The highest BCUT2D eigenvalue weighted by molar-refractivity contribution is 6.30. The van der Waals surface area contributed by atoms with Gasteiger partial charge in [-0.25, -0.2) is 4.98 Å². The second-order valence-electron chi connectivity index (χ2n) is 7.16. The maximum atomic E-state index is 12.7. The number of carbonyl (C=O) groups excluding carboxylic acids is 1. The molecule has 5 heteroatoms. The number of rotatable bonds is 4. The molecule has 2 aromatic carbocycles. The lowest BCUT2D eigenvalue weighted by molar-refractivity contribution is -0.118. The number of anilines is 1. The molecule has 0 radical (unpaired) electrons. The van der Waals surface area contributed by atoms with Crippen LogP contribution in [0.3, 0.4) is 0 Å². The lowest BCUT2D eigenvalue weighted by Gasteiger charge is -2.15. The van der Waals surface area contributed by atoms with Gasteiger partial charge in [0, 0.05) is 17.5 Å². The molecule has 1 amide bonds. The highest BCUT2D eigenvalue weighted by Crippen LogP contribution is 2.27. The number of aromatic nitrogens is 1. The van der Waals surface area contributed by atoms with Crippen molar-refractivity contribution in [3.63, 3.8) is 0 Å². The Kier molecular flexibility index (Phi) is 5.67. The van der Waals surface area contributed by atoms with Crippen LogP contribution in [0.2, 0.25) is 5.15 Å². The fourth-order valence-electron chi connectivity index (χ4n) is 3.29. The zero-order valence-electron chi connectivity index (χ0n) is 16.4. The largest absolute Gasteiger partial charge is 0.324 e. The summed E-state index contributed by atoms with van der Waals surface area (Å²) in [6, 6.07) is 13.8. The summed E-state index contributed by atoms with van der Waals surface area (Å²) in [4.78, 5) is 17.2. The Morgan fingerprint density at radius 3 is 2.46 bits per heavy atom. The van der Waals surface area contributed by atoms with Crippen molar-refractivity contribution in [2.45, 2.75) is 34.1 Å². The summed E-state index contributed by atoms with van der Waals surface area (Å²) in [6.45, 7) is 7.90. The van der Waals surface area contributed by atoms with Gasteiger partial charge in [-0.1, -0.05) is 41.9 Å². The highest BCUT2D eigenvalue weighted by atomic mass is 35.5. The lowest BCUT2D eigenvalue weighted by Crippen LogP contribution is -2.24. The molecule has 1 aromatic heterocycles. The molecule has 0 aliphatic carbocycles. The SMILES string of the molecule is Cc1cccc(C)c1NC(=O)C(C#N)Cc1cc2ccc(C)c(C)c2nc1Cl. The average Bonchev–Trinajstić information content (AvgIpc) is 2.66. The third-order valence-corrected chi connectivity index (χ3v) is 5.49. The summed E-state index contributed by atoms with van der Waals surface area (Å²) < 4.78 is 0. The number of nitriles is 1. The van der Waals surface area contributed by atoms with E-state index in [4.69, 9.17) is 11.6 Å². The number of carbonyl (C=O) groups is 1. The Labute approximate surface area is 170 Å². The molecule has 4 nitrogen and oxygen atoms in total. The first-order valence-corrected chi connectivity index (χ1v) is 9.51. The zero-order chi connectivity index (χ0) is 20.4. The van der Waals surface area contributed by atoms with Crippen LogP contribution in [0.4, 0.5) is 5.69 Å². The fourth-order valence-corrected chi connectivity index (χ4v) is 3.50. The van der Waals surface area contributed by atoms with E-state index in [1.165, 1.54) is 0 Å². The Hall–Kier alpha value is -2.90. The summed E-state index contributed by atoms with van der Waals surface area (Å²) in [5.41, 5.74) is 6.44. The minimum Gasteiger partial charge on any atom is -0.324 e. The van der Waals surface area contributed by atoms with Crippen molar-refractivity contribution < 1.29 is 4.79 Å². The van der Waals surface area contributed by atoms with Gasteiger partial charge < -0.3 is 5.32 Å². The number of nitrogens with one attached hydrogen (secondary N) is 1. The quantitative estimate of drug-likeness (QED) is 0.602. The molecule has 1 heterocycles. The number of hydrogen-bond donors (Lipinski definition) is 1. The average molecular weight is 392 g/mol. The maximum Gasteiger partial charge on any atom is 0.242 e. The van der Waals surface area contributed by atoms with Crippen LogP contribution in [0.1, 0.15) is 27.8 Å². The van der Waals surface area contributed by atoms with Crippen molar-refractivity contribution >= 4 is 34.1 Å². The number of nitrogens with zero attached hydrogens (tertiary/aromatic N) is 2. The van der Waals surface area contributed by atoms with E-state index in [0.717, 1.165) is 38.8 Å². The number of amides is 1. The van der Waals surface area contributed by atoms with Gasteiger partial charge in [0.1, 0.15) is 11.1 Å². The van der Waals surface area contributed by atoms with Crippen LogP contribution in [0, 0.1) is 44.9 Å². The van der Waals surface area contributed by atoms with Gasteiger partial charge in [-0.3, -0.25) is 4.79 Å². The van der Waals surface area contributed by atoms with E-state index in [-0.39, 0.29) is 12.3 Å². The number of para-hydroxylation sites is 1. The first-order valence-electron chi connectivity index (χ1n) is 9.14. The number of fused-ring (bicyclic) bond motifs is 1. The van der Waals surface area contributed by atoms with Crippen molar-refractivity contribution in [2.75, 3.05) is 5.32 Å². The molecule has 1 N–H and O–H groups in total. The van der Waals surface area contributed by atoms with Crippen LogP contribution in [0.25, 0.3) is 10.9 Å². The summed E-state index contributed by atoms with van der Waals surface area (Å²) in [6.07, 6.45) is 0.210. The van der Waals surface area contributed by atoms with Gasteiger partial charge in [-0.05, 0) is 61.6 Å². The van der Waals surface area contributed by atoms with Gasteiger partial charge in [0.25, 0.3) is 0 Å². The first kappa shape index (κ1) is 19.9. The van der Waals surface area contributed by atoms with Gasteiger partial charge >= 0.3 is 0 Å². The molecule has 142 valence electrons. The van der Waals surface area contributed by atoms with Gasteiger partial charge in [0.15, 0.2) is 0 Å². The summed E-state index contributed by atoms with van der Waals surface area (Å²) in [5, 5.41) is 13.8. The van der Waals surface area contributed by atoms with E-state index in [0.29, 0.717) is 10.7 Å². The van der Waals surface area contributed by atoms with Crippen molar-refractivity contribution in [3.8, 4) is 6.07 Å². The van der Waals surface area contributed by atoms with E-state index in [1.807, 2.05) is 64.1 Å². The third kappa shape index (κ3) is 3.85. The Bertz CT molecular complexity index is 1090. The molecule has 28 heavy (non-hydrogen) atoms. The molecule has 0 fully saturated rings. The predicted molar refractivity (Wildman–Crippen MR) is 114 cm³/mol. The molecule has 3 aromatic rings. The summed E-state index contributed by atoms with van der Waals surface area (Å²) in [7, 11) is 0. The summed E-state index contributed by atoms with van der Waals surface area (Å²) in [5.74, 6) is -1.20. The molecular weight excluding hydrogens is 370 g/mol. The van der Waals surface area contributed by atoms with E-state index in [1.54, 1.807) is 0 Å². The van der Waals surface area contributed by atoms with E-state index >= 15 is 0 Å². The van der Waals surface area contributed by atoms with Crippen LogP contribution in [0.5, 0.6) is 0 Å². The minimum absolute atomic E-state index is 0.210. The lowest BCUT2D eigenvalue weighted by atomic mass is 9.98. The van der Waals surface area contributed by atoms with Gasteiger partial charge in [0.2, 0.25) is 5.91 Å². The van der Waals surface area contributed by atoms with Crippen molar-refractivity contribution in [1.29, 1.82) is 5.26 Å². The van der Waals surface area contributed by atoms with Crippen molar-refractivity contribution in [1.82, 2.24) is 4.98 Å². The molecule has 0 aliphatic rings. The monoisotopic (exact) mass is 391 g/mol. The van der Waals surface area contributed by atoms with E-state index in [2.05, 4.69) is 16.4 Å². The molecular formula is C23H22ClN3O. The van der Waals surface area contributed by atoms with Gasteiger partial charge in [0.05, 0.1) is 11.6 Å². The highest BCUT2D eigenvalue weighted by Gasteiger charge is 2.22. The van der Waals surface area contributed by atoms with Crippen LogP contribution in [-0.2, 0) is 11.2 Å². The molecule has 0 aliphatic heterocycles. The van der Waals surface area contributed by atoms with E-state index in [9.17, 15) is 10.1 Å². The molecule has 1 atom stereocenters. The first-order chi connectivity index (χ1) is 13.3. The fraction of sp³-hybridized carbons (Fsp3) is 0.261. The van der Waals surface area contributed by atoms with Crippen molar-refractivity contribution in [3.05, 3.63) is 69.4 Å². The number of halogens is 1. The molecule has 3 rings (SSSR count). The smallest absolute Gasteiger partial charge is 0.242 e. The van der Waals surface area contributed by atoms with Crippen molar-refractivity contribution in [2.24, 2.45) is 5.92 Å². The minimum atomic E-state index is -0.859. The zero-order valence-corrected chi connectivity index (χ0v) is 17.2. The standard InChI is InChI=1S/C23H22ClN3O/c1-13-8-9-17-10-18(22(24)26-21(17)16(13)4)11-19(12-25)23(28)27-20-14(2)6-5-7-15(20)3/h5-10,19H,11H2,1-4H3,(H,27,28). The summed E-state index contributed by atoms with van der Waals surface area (Å²) >= 11 is 6.39. The molecule has 1 unspecified atom stereocenters. The van der Waals surface area contributed by atoms with Crippen LogP contribution >= 0.6 is 11.6 Å². The Balaban J connectivity index is 1.89. The van der Waals surface area contributed by atoms with Gasteiger partial charge in [-0.15, -0.1) is 0 Å². The third-order valence-electron chi connectivity index (χ3n) is 5.16. The second-order valence-corrected chi connectivity index (χ2v) is 7.52. The molecule has 0 saturated heterocycles. The molecule has 0 saturated carbocycles. The van der Waals surface area contributed by atoms with Gasteiger partial charge in [-0.2, -0.15) is 5.26 Å². The predicted octanol–water partition coefficient (Wildman–Crippen LogP) is 5.44. The molecule has 0 bridgehead atoms. The number of aryl methyl sites for hydroxylation is 4.